The van der Waals surface area contributed by atoms with Crippen molar-refractivity contribution in [2.24, 2.45) is 0 Å². The topological polar surface area (TPSA) is 6.48 Å². The Morgan fingerprint density at radius 1 is 0.390 bits per heavy atom. The van der Waals surface area contributed by atoms with Gasteiger partial charge in [-0.1, -0.05) is 204 Å². The molecule has 11 aromatic rings. The quantitative estimate of drug-likeness (QED) is 0.162. The van der Waals surface area contributed by atoms with Crippen molar-refractivity contribution >= 4 is 67.9 Å². The van der Waals surface area contributed by atoms with Gasteiger partial charge in [-0.05, 0) is 167 Å². The highest BCUT2D eigenvalue weighted by Gasteiger charge is 2.58. The fourth-order valence-electron chi connectivity index (χ4n) is 15.5. The summed E-state index contributed by atoms with van der Waals surface area (Å²) in [6.45, 7) is 11.5. The molecule has 0 amide bonds. The Labute approximate surface area is 455 Å². The zero-order chi connectivity index (χ0) is 51.2. The SMILES string of the molecule is Cc1cc2c3c(c1)N(c1ccc(C(C)C)cc1)c1c(sc4c1-c1ccc(C(C)C)cc1C41c4ccccc4-c4ccccc41)B3c1cc3c(cc1N2c1ccccc1)C1(c2ccccc2-c2ccccc21)c1ccccc1-3. The average Bonchev–Trinajstić information content (AvgIpc) is 4.31. The molecule has 0 unspecified atom stereocenters. The van der Waals surface area contributed by atoms with Crippen LogP contribution in [0, 0.1) is 6.92 Å². The van der Waals surface area contributed by atoms with Crippen molar-refractivity contribution in [1.29, 1.82) is 0 Å². The van der Waals surface area contributed by atoms with Gasteiger partial charge in [-0.15, -0.1) is 11.3 Å². The van der Waals surface area contributed by atoms with E-state index in [2.05, 4.69) is 274 Å². The van der Waals surface area contributed by atoms with E-state index in [4.69, 9.17) is 0 Å². The van der Waals surface area contributed by atoms with E-state index in [1.54, 1.807) is 0 Å². The van der Waals surface area contributed by atoms with Gasteiger partial charge in [0.25, 0.3) is 6.71 Å². The van der Waals surface area contributed by atoms with Gasteiger partial charge in [0, 0.05) is 43.7 Å². The van der Waals surface area contributed by atoms with Crippen molar-refractivity contribution in [1.82, 2.24) is 0 Å². The van der Waals surface area contributed by atoms with Crippen LogP contribution in [0.4, 0.5) is 34.1 Å². The molecule has 4 aliphatic carbocycles. The van der Waals surface area contributed by atoms with Gasteiger partial charge in [-0.25, -0.2) is 0 Å². The van der Waals surface area contributed by atoms with Crippen LogP contribution in [0.2, 0.25) is 0 Å². The second kappa shape index (κ2) is 15.4. The molecule has 0 fully saturated rings. The lowest BCUT2D eigenvalue weighted by Crippen LogP contribution is -2.60. The number of nitrogens with zero attached hydrogens (tertiary/aromatic N) is 2. The Hall–Kier alpha value is -8.44. The maximum Gasteiger partial charge on any atom is 0.264 e. The van der Waals surface area contributed by atoms with E-state index in [1.807, 2.05) is 0 Å². The minimum Gasteiger partial charge on any atom is -0.311 e. The lowest BCUT2D eigenvalue weighted by molar-refractivity contribution is 0.794. The fraction of sp³-hybridized carbons (Fsp3) is 0.123. The highest BCUT2D eigenvalue weighted by atomic mass is 32.1. The van der Waals surface area contributed by atoms with Gasteiger partial charge in [-0.2, -0.15) is 0 Å². The molecule has 1 aromatic heterocycles. The van der Waals surface area contributed by atoms with E-state index in [0.29, 0.717) is 11.8 Å². The first-order chi connectivity index (χ1) is 37.8. The molecule has 17 rings (SSSR count). The van der Waals surface area contributed by atoms with E-state index in [1.165, 1.54) is 149 Å². The third-order valence-corrected chi connectivity index (χ3v) is 20.0. The van der Waals surface area contributed by atoms with Gasteiger partial charge >= 0.3 is 0 Å². The lowest BCUT2D eigenvalue weighted by atomic mass is 9.36. The molecule has 0 bridgehead atoms. The second-order valence-electron chi connectivity index (χ2n) is 23.1. The molecule has 10 aromatic carbocycles. The van der Waals surface area contributed by atoms with Gasteiger partial charge in [0.05, 0.1) is 16.5 Å². The molecule has 2 aliphatic heterocycles. The Morgan fingerprint density at radius 2 is 0.857 bits per heavy atom. The van der Waals surface area contributed by atoms with Crippen LogP contribution >= 0.6 is 11.3 Å². The van der Waals surface area contributed by atoms with Gasteiger partial charge in [0.1, 0.15) is 0 Å². The largest absolute Gasteiger partial charge is 0.311 e. The Morgan fingerprint density at radius 3 is 1.42 bits per heavy atom. The van der Waals surface area contributed by atoms with Crippen LogP contribution in [0.25, 0.3) is 44.5 Å². The molecule has 0 saturated carbocycles. The minimum atomic E-state index is -0.497. The molecular formula is C73H53BN2S. The molecule has 2 nitrogen and oxygen atoms in total. The van der Waals surface area contributed by atoms with Crippen molar-refractivity contribution in [2.45, 2.75) is 57.3 Å². The van der Waals surface area contributed by atoms with Crippen LogP contribution in [-0.2, 0) is 10.8 Å². The first-order valence-electron chi connectivity index (χ1n) is 27.7. The summed E-state index contributed by atoms with van der Waals surface area (Å²) in [7, 11) is 0. The number of benzene rings is 10. The zero-order valence-electron chi connectivity index (χ0n) is 43.8. The number of thiophene rings is 1. The van der Waals surface area contributed by atoms with E-state index >= 15 is 0 Å². The van der Waals surface area contributed by atoms with Crippen LogP contribution in [0.15, 0.2) is 218 Å². The highest BCUT2D eigenvalue weighted by Crippen LogP contribution is 2.68. The minimum absolute atomic E-state index is 0.0631. The number of fused-ring (bicyclic) bond motifs is 25. The van der Waals surface area contributed by atoms with E-state index in [9.17, 15) is 0 Å². The molecule has 364 valence electrons. The number of aryl methyl sites for hydroxylation is 1. The monoisotopic (exact) mass is 1000 g/mol. The summed E-state index contributed by atoms with van der Waals surface area (Å²) in [5.74, 6) is 0.796. The first-order valence-corrected chi connectivity index (χ1v) is 28.5. The molecular weight excluding hydrogens is 948 g/mol. The number of rotatable bonds is 4. The molecule has 6 aliphatic rings. The first kappa shape index (κ1) is 43.8. The van der Waals surface area contributed by atoms with Crippen molar-refractivity contribution in [3.05, 3.63) is 279 Å². The van der Waals surface area contributed by atoms with Gasteiger partial charge in [0.15, 0.2) is 0 Å². The standard InChI is InChI=1S/C73H53BN2S/c1-42(2)45-31-34-48(35-32-45)76-66-38-44(5)37-65-68(66)74(71-69(76)67-54-36-33-46(43(3)4)39-61(54)73(70(67)77-71)59-29-17-11-23-51(59)52-24-12-18-30-60(52)73)63-40-55-53-25-13-16-28-58(53)72(62(55)41-64(63)75(65)47-19-7-6-8-20-47)56-26-14-9-21-49(56)50-22-10-15-27-57(50)72/h6-43H,1-5H3. The summed E-state index contributed by atoms with van der Waals surface area (Å²) in [6.07, 6.45) is 0. The summed E-state index contributed by atoms with van der Waals surface area (Å²) in [4.78, 5) is 6.75. The van der Waals surface area contributed by atoms with Crippen LogP contribution in [0.5, 0.6) is 0 Å². The zero-order valence-corrected chi connectivity index (χ0v) is 44.6. The molecule has 77 heavy (non-hydrogen) atoms. The number of anilines is 6. The molecule has 3 heterocycles. The maximum atomic E-state index is 2.70. The molecule has 0 atom stereocenters. The van der Waals surface area contributed by atoms with E-state index in [-0.39, 0.29) is 6.71 Å². The Kier molecular flexibility index (Phi) is 8.74. The predicted octanol–water partition coefficient (Wildman–Crippen LogP) is 17.1. The van der Waals surface area contributed by atoms with Gasteiger partial charge in [0.2, 0.25) is 0 Å². The van der Waals surface area contributed by atoms with E-state index in [0.717, 1.165) is 5.69 Å². The van der Waals surface area contributed by atoms with Crippen LogP contribution in [0.3, 0.4) is 0 Å². The summed E-state index contributed by atoms with van der Waals surface area (Å²) < 4.78 is 1.41. The molecule has 0 saturated heterocycles. The van der Waals surface area contributed by atoms with Gasteiger partial charge < -0.3 is 9.80 Å². The number of hydrogen-bond acceptors (Lipinski definition) is 3. The summed E-state index contributed by atoms with van der Waals surface area (Å²) in [6, 6.07) is 85.0. The number of para-hydroxylation sites is 1. The Bertz CT molecular complexity index is 4300. The average molecular weight is 1000 g/mol. The third kappa shape index (κ3) is 5.32. The van der Waals surface area contributed by atoms with Crippen LogP contribution < -0.4 is 25.5 Å². The Balaban J connectivity index is 1.03. The third-order valence-electron chi connectivity index (χ3n) is 18.7. The fourth-order valence-corrected chi connectivity index (χ4v) is 17.2. The molecule has 0 radical (unpaired) electrons. The lowest BCUT2D eigenvalue weighted by Gasteiger charge is -2.44. The second-order valence-corrected chi connectivity index (χ2v) is 24.1. The smallest absolute Gasteiger partial charge is 0.264 e. The number of hydrogen-bond donors (Lipinski definition) is 0. The molecule has 0 N–H and O–H groups in total. The van der Waals surface area contributed by atoms with Crippen molar-refractivity contribution in [3.63, 3.8) is 0 Å². The highest BCUT2D eigenvalue weighted by molar-refractivity contribution is 7.30. The van der Waals surface area contributed by atoms with Crippen molar-refractivity contribution < 1.29 is 0 Å². The van der Waals surface area contributed by atoms with Crippen molar-refractivity contribution in [3.8, 4) is 44.5 Å². The van der Waals surface area contributed by atoms with Crippen molar-refractivity contribution in [2.75, 3.05) is 9.80 Å². The summed E-state index contributed by atoms with van der Waals surface area (Å²) >= 11 is 2.09. The van der Waals surface area contributed by atoms with Gasteiger partial charge in [-0.3, -0.25) is 0 Å². The normalized spacial score (nSPS) is 15.2. The van der Waals surface area contributed by atoms with Crippen LogP contribution in [-0.4, -0.2) is 6.71 Å². The van der Waals surface area contributed by atoms with E-state index < -0.39 is 10.8 Å². The van der Waals surface area contributed by atoms with Crippen LogP contribution in [0.1, 0.15) is 100 Å². The predicted molar refractivity (Wildman–Crippen MR) is 324 cm³/mol. The molecule has 4 heteroatoms. The molecule has 2 spiro atoms. The summed E-state index contributed by atoms with van der Waals surface area (Å²) in [5, 5.41) is 0. The summed E-state index contributed by atoms with van der Waals surface area (Å²) in [5.41, 5.74) is 33.5. The maximum absolute atomic E-state index is 2.70.